The summed E-state index contributed by atoms with van der Waals surface area (Å²) in [5.74, 6) is -3.13. The number of carbonyl (C=O) groups excluding carboxylic acids is 3. The average Bonchev–Trinajstić information content (AvgIpc) is 2.64. The molecule has 1 saturated heterocycles. The van der Waals surface area contributed by atoms with Crippen molar-refractivity contribution in [2.75, 3.05) is 0 Å². The fourth-order valence-electron chi connectivity index (χ4n) is 3.12. The molecule has 2 rings (SSSR count). The van der Waals surface area contributed by atoms with E-state index in [0.29, 0.717) is 6.54 Å². The number of benzene rings is 1. The number of Topliss-reactive ketones (excluding diaryl/α,β-unsaturated/α-hetero) is 1. The van der Waals surface area contributed by atoms with Crippen molar-refractivity contribution in [3.05, 3.63) is 35.9 Å². The van der Waals surface area contributed by atoms with Crippen LogP contribution in [0.25, 0.3) is 0 Å². The van der Waals surface area contributed by atoms with Crippen LogP contribution in [-0.2, 0) is 20.9 Å². The van der Waals surface area contributed by atoms with E-state index in [1.165, 1.54) is 6.92 Å². The number of likely N-dealkylation sites (tertiary alicyclic amines) is 1. The van der Waals surface area contributed by atoms with E-state index in [9.17, 15) is 19.5 Å². The largest absolute Gasteiger partial charge is 0.550 e. The van der Waals surface area contributed by atoms with Gasteiger partial charge in [-0.15, -0.1) is 0 Å². The van der Waals surface area contributed by atoms with Gasteiger partial charge in [0.2, 0.25) is 5.91 Å². The molecule has 0 saturated carbocycles. The normalized spacial score (nSPS) is 25.1. The van der Waals surface area contributed by atoms with Crippen LogP contribution in [0.5, 0.6) is 0 Å². The van der Waals surface area contributed by atoms with E-state index >= 15 is 0 Å². The summed E-state index contributed by atoms with van der Waals surface area (Å²) in [6.45, 7) is 3.58. The molecule has 5 nitrogen and oxygen atoms in total. The first kappa shape index (κ1) is 15.2. The SMILES string of the molecule is CC(=O)[C@@H]1[C@@H](CC(=O)[O-])C(=O)N(Cc2ccccc2)[C@H]1C. The average molecular weight is 288 g/mol. The van der Waals surface area contributed by atoms with E-state index in [1.807, 2.05) is 30.3 Å². The van der Waals surface area contributed by atoms with Crippen molar-refractivity contribution in [2.45, 2.75) is 32.9 Å². The van der Waals surface area contributed by atoms with Crippen molar-refractivity contribution in [2.24, 2.45) is 11.8 Å². The Kier molecular flexibility index (Phi) is 4.40. The molecule has 1 amide bonds. The van der Waals surface area contributed by atoms with Crippen LogP contribution in [0.4, 0.5) is 0 Å². The van der Waals surface area contributed by atoms with Crippen molar-refractivity contribution in [3.8, 4) is 0 Å². The second-order valence-corrected chi connectivity index (χ2v) is 5.51. The summed E-state index contributed by atoms with van der Waals surface area (Å²) in [6.07, 6.45) is -0.404. The van der Waals surface area contributed by atoms with Crippen molar-refractivity contribution < 1.29 is 19.5 Å². The first-order valence-corrected chi connectivity index (χ1v) is 6.96. The number of nitrogens with zero attached hydrogens (tertiary/aromatic N) is 1. The minimum absolute atomic E-state index is 0.155. The lowest BCUT2D eigenvalue weighted by atomic mass is 9.85. The molecule has 21 heavy (non-hydrogen) atoms. The maximum Gasteiger partial charge on any atom is 0.227 e. The number of carbonyl (C=O) groups is 3. The molecule has 1 aliphatic rings. The van der Waals surface area contributed by atoms with Crippen molar-refractivity contribution in [1.29, 1.82) is 0 Å². The lowest BCUT2D eigenvalue weighted by Crippen LogP contribution is -2.33. The summed E-state index contributed by atoms with van der Waals surface area (Å²) in [6, 6.07) is 9.13. The van der Waals surface area contributed by atoms with Gasteiger partial charge in [-0.3, -0.25) is 9.59 Å². The third kappa shape index (κ3) is 3.12. The third-order valence-corrected chi connectivity index (χ3v) is 4.10. The molecule has 0 N–H and O–H groups in total. The summed E-state index contributed by atoms with van der Waals surface area (Å²) in [5, 5.41) is 10.8. The van der Waals surface area contributed by atoms with Gasteiger partial charge in [-0.2, -0.15) is 0 Å². The molecule has 1 heterocycles. The highest BCUT2D eigenvalue weighted by molar-refractivity contribution is 5.93. The Morgan fingerprint density at radius 1 is 1.24 bits per heavy atom. The van der Waals surface area contributed by atoms with Crippen molar-refractivity contribution in [1.82, 2.24) is 4.90 Å². The van der Waals surface area contributed by atoms with E-state index in [4.69, 9.17) is 0 Å². The van der Waals surface area contributed by atoms with Crippen LogP contribution in [0.15, 0.2) is 30.3 Å². The van der Waals surface area contributed by atoms with Gasteiger partial charge in [0.05, 0.1) is 5.92 Å². The van der Waals surface area contributed by atoms with Crippen LogP contribution in [0.3, 0.4) is 0 Å². The van der Waals surface area contributed by atoms with Gasteiger partial charge < -0.3 is 14.8 Å². The molecule has 0 bridgehead atoms. The van der Waals surface area contributed by atoms with Gasteiger partial charge in [-0.25, -0.2) is 0 Å². The second-order valence-electron chi connectivity index (χ2n) is 5.51. The number of aliphatic carboxylic acids is 1. The second kappa shape index (κ2) is 6.08. The third-order valence-electron chi connectivity index (χ3n) is 4.10. The minimum Gasteiger partial charge on any atom is -0.550 e. The minimum atomic E-state index is -1.30. The molecule has 1 aliphatic heterocycles. The van der Waals surface area contributed by atoms with Gasteiger partial charge in [0.1, 0.15) is 5.78 Å². The molecule has 112 valence electrons. The lowest BCUT2D eigenvalue weighted by molar-refractivity contribution is -0.306. The van der Waals surface area contributed by atoms with Crippen molar-refractivity contribution in [3.63, 3.8) is 0 Å². The first-order valence-electron chi connectivity index (χ1n) is 6.96. The van der Waals surface area contributed by atoms with E-state index in [1.54, 1.807) is 11.8 Å². The maximum atomic E-state index is 12.5. The Labute approximate surface area is 123 Å². The number of carboxylic acid groups (broad SMARTS) is 1. The fourth-order valence-corrected chi connectivity index (χ4v) is 3.12. The quantitative estimate of drug-likeness (QED) is 0.784. The zero-order valence-electron chi connectivity index (χ0n) is 12.1. The Bertz CT molecular complexity index is 555. The highest BCUT2D eigenvalue weighted by atomic mass is 16.4. The lowest BCUT2D eigenvalue weighted by Gasteiger charge is -2.23. The van der Waals surface area contributed by atoms with E-state index in [2.05, 4.69) is 0 Å². The number of rotatable bonds is 5. The molecular weight excluding hydrogens is 270 g/mol. The fraction of sp³-hybridized carbons (Fsp3) is 0.438. The molecule has 0 aliphatic carbocycles. The van der Waals surface area contributed by atoms with Crippen LogP contribution in [-0.4, -0.2) is 28.6 Å². The van der Waals surface area contributed by atoms with E-state index in [-0.39, 0.29) is 17.7 Å². The first-order chi connectivity index (χ1) is 9.91. The number of ketones is 1. The molecule has 0 spiro atoms. The molecule has 1 aromatic rings. The molecule has 0 aromatic heterocycles. The Morgan fingerprint density at radius 3 is 2.38 bits per heavy atom. The summed E-state index contributed by atoms with van der Waals surface area (Å²) in [5.41, 5.74) is 0.953. The molecule has 0 unspecified atom stereocenters. The van der Waals surface area contributed by atoms with Gasteiger partial charge in [-0.1, -0.05) is 30.3 Å². The van der Waals surface area contributed by atoms with Gasteiger partial charge >= 0.3 is 0 Å². The summed E-state index contributed by atoms with van der Waals surface area (Å²) in [4.78, 5) is 36.7. The van der Waals surface area contributed by atoms with Crippen LogP contribution in [0, 0.1) is 11.8 Å². The zero-order valence-corrected chi connectivity index (χ0v) is 12.1. The number of amides is 1. The molecule has 1 fully saturated rings. The number of carboxylic acids is 1. The zero-order chi connectivity index (χ0) is 15.6. The Hall–Kier alpha value is -2.17. The van der Waals surface area contributed by atoms with Gasteiger partial charge in [0.25, 0.3) is 0 Å². The van der Waals surface area contributed by atoms with Gasteiger partial charge in [-0.05, 0) is 25.8 Å². The molecule has 0 radical (unpaired) electrons. The smallest absolute Gasteiger partial charge is 0.227 e. The summed E-state index contributed by atoms with van der Waals surface area (Å²) >= 11 is 0. The summed E-state index contributed by atoms with van der Waals surface area (Å²) < 4.78 is 0. The Morgan fingerprint density at radius 2 is 1.86 bits per heavy atom. The van der Waals surface area contributed by atoms with Crippen LogP contribution in [0.2, 0.25) is 0 Å². The van der Waals surface area contributed by atoms with Crippen LogP contribution < -0.4 is 5.11 Å². The predicted octanol–water partition coefficient (Wildman–Crippen LogP) is 0.379. The Balaban J connectivity index is 2.24. The molecular formula is C16H18NO4-. The number of hydrogen-bond donors (Lipinski definition) is 0. The van der Waals surface area contributed by atoms with E-state index < -0.39 is 24.2 Å². The van der Waals surface area contributed by atoms with Gasteiger partial charge in [0, 0.05) is 24.5 Å². The summed E-state index contributed by atoms with van der Waals surface area (Å²) in [7, 11) is 0. The number of hydrogen-bond acceptors (Lipinski definition) is 4. The highest BCUT2D eigenvalue weighted by Gasteiger charge is 2.47. The van der Waals surface area contributed by atoms with Crippen LogP contribution in [0.1, 0.15) is 25.8 Å². The van der Waals surface area contributed by atoms with E-state index in [0.717, 1.165) is 5.56 Å². The molecule has 5 heteroatoms. The standard InChI is InChI=1S/C16H19NO4/c1-10-15(11(2)18)13(8-14(19)20)16(21)17(10)9-12-6-4-3-5-7-12/h3-7,10,13,15H,8-9H2,1-2H3,(H,19,20)/p-1/t10-,13+,15+/m0/s1. The molecule has 1 aromatic carbocycles. The monoisotopic (exact) mass is 288 g/mol. The maximum absolute atomic E-state index is 12.5. The van der Waals surface area contributed by atoms with Crippen molar-refractivity contribution >= 4 is 17.7 Å². The topological polar surface area (TPSA) is 77.5 Å². The van der Waals surface area contributed by atoms with Crippen LogP contribution >= 0.6 is 0 Å². The molecule has 3 atom stereocenters. The highest BCUT2D eigenvalue weighted by Crippen LogP contribution is 2.34. The predicted molar refractivity (Wildman–Crippen MR) is 73.7 cm³/mol. The van der Waals surface area contributed by atoms with Gasteiger partial charge in [0.15, 0.2) is 0 Å².